The van der Waals surface area contributed by atoms with Crippen LogP contribution in [-0.2, 0) is 11.3 Å². The number of hydrogen-bond acceptors (Lipinski definition) is 4. The molecule has 6 heteroatoms. The van der Waals surface area contributed by atoms with Crippen molar-refractivity contribution in [2.75, 3.05) is 20.0 Å². The van der Waals surface area contributed by atoms with E-state index in [0.29, 0.717) is 25.7 Å². The van der Waals surface area contributed by atoms with Crippen molar-refractivity contribution in [1.82, 2.24) is 10.6 Å². The maximum atomic E-state index is 11.8. The van der Waals surface area contributed by atoms with E-state index < -0.39 is 0 Å². The van der Waals surface area contributed by atoms with Crippen molar-refractivity contribution >= 4 is 6.03 Å². The van der Waals surface area contributed by atoms with Gasteiger partial charge in [-0.3, -0.25) is 0 Å². The average molecular weight is 308 g/mol. The van der Waals surface area contributed by atoms with Crippen LogP contribution in [0.4, 0.5) is 4.79 Å². The predicted octanol–water partition coefficient (Wildman–Crippen LogP) is 2.28. The SMILES string of the molecule is CC(C)COCC(C)NC(=O)NCc1ccc2c(c1)OCO2. The van der Waals surface area contributed by atoms with Crippen LogP contribution < -0.4 is 20.1 Å². The molecule has 0 spiro atoms. The molecule has 1 atom stereocenters. The number of benzene rings is 1. The first kappa shape index (κ1) is 16.4. The molecule has 0 saturated heterocycles. The number of hydrogen-bond donors (Lipinski definition) is 2. The van der Waals surface area contributed by atoms with Gasteiger partial charge >= 0.3 is 6.03 Å². The maximum absolute atomic E-state index is 11.8. The molecule has 0 radical (unpaired) electrons. The Kier molecular flexibility index (Phi) is 5.89. The molecule has 122 valence electrons. The van der Waals surface area contributed by atoms with Crippen LogP contribution in [0.25, 0.3) is 0 Å². The van der Waals surface area contributed by atoms with Gasteiger partial charge in [0.05, 0.1) is 12.6 Å². The van der Waals surface area contributed by atoms with E-state index in [1.54, 1.807) is 0 Å². The summed E-state index contributed by atoms with van der Waals surface area (Å²) in [5.74, 6) is 1.95. The highest BCUT2D eigenvalue weighted by molar-refractivity contribution is 5.74. The number of urea groups is 1. The minimum atomic E-state index is -0.210. The van der Waals surface area contributed by atoms with Crippen molar-refractivity contribution in [2.24, 2.45) is 5.92 Å². The fourth-order valence-electron chi connectivity index (χ4n) is 2.03. The quantitative estimate of drug-likeness (QED) is 0.811. The van der Waals surface area contributed by atoms with Gasteiger partial charge in [0.2, 0.25) is 6.79 Å². The first-order chi connectivity index (χ1) is 10.5. The van der Waals surface area contributed by atoms with Crippen LogP contribution in [0.1, 0.15) is 26.3 Å². The molecule has 1 heterocycles. The molecule has 22 heavy (non-hydrogen) atoms. The van der Waals surface area contributed by atoms with Gasteiger partial charge in [0.25, 0.3) is 0 Å². The number of rotatable bonds is 7. The number of carbonyl (C=O) groups excluding carboxylic acids is 1. The van der Waals surface area contributed by atoms with Crippen molar-refractivity contribution in [1.29, 1.82) is 0 Å². The van der Waals surface area contributed by atoms with Gasteiger partial charge in [-0.05, 0) is 30.5 Å². The van der Waals surface area contributed by atoms with Crippen molar-refractivity contribution in [3.05, 3.63) is 23.8 Å². The summed E-state index contributed by atoms with van der Waals surface area (Å²) in [6, 6.07) is 5.38. The van der Waals surface area contributed by atoms with Crippen LogP contribution in [0, 0.1) is 5.92 Å². The lowest BCUT2D eigenvalue weighted by molar-refractivity contribution is 0.0954. The number of amides is 2. The van der Waals surface area contributed by atoms with E-state index in [4.69, 9.17) is 14.2 Å². The Morgan fingerprint density at radius 2 is 2.00 bits per heavy atom. The van der Waals surface area contributed by atoms with Gasteiger partial charge in [-0.1, -0.05) is 19.9 Å². The second-order valence-corrected chi connectivity index (χ2v) is 5.85. The molecule has 1 unspecified atom stereocenters. The first-order valence-corrected chi connectivity index (χ1v) is 7.55. The van der Waals surface area contributed by atoms with E-state index in [1.165, 1.54) is 0 Å². The normalized spacial score (nSPS) is 14.0. The largest absolute Gasteiger partial charge is 0.454 e. The van der Waals surface area contributed by atoms with Gasteiger partial charge in [-0.2, -0.15) is 0 Å². The highest BCUT2D eigenvalue weighted by atomic mass is 16.7. The molecule has 0 fully saturated rings. The minimum Gasteiger partial charge on any atom is -0.454 e. The van der Waals surface area contributed by atoms with Crippen LogP contribution in [0.3, 0.4) is 0 Å². The van der Waals surface area contributed by atoms with Crippen LogP contribution >= 0.6 is 0 Å². The lowest BCUT2D eigenvalue weighted by atomic mass is 10.2. The zero-order valence-electron chi connectivity index (χ0n) is 13.3. The molecule has 0 saturated carbocycles. The van der Waals surface area contributed by atoms with E-state index in [0.717, 1.165) is 17.1 Å². The monoisotopic (exact) mass is 308 g/mol. The minimum absolute atomic E-state index is 0.0319. The Hall–Kier alpha value is -1.95. The fraction of sp³-hybridized carbons (Fsp3) is 0.562. The predicted molar refractivity (Wildman–Crippen MR) is 83.1 cm³/mol. The summed E-state index contributed by atoms with van der Waals surface area (Å²) >= 11 is 0. The summed E-state index contributed by atoms with van der Waals surface area (Å²) in [5.41, 5.74) is 0.961. The Bertz CT molecular complexity index is 505. The number of carbonyl (C=O) groups is 1. The molecule has 1 aromatic rings. The molecule has 2 N–H and O–H groups in total. The summed E-state index contributed by atoms with van der Waals surface area (Å²) in [6.45, 7) is 8.00. The summed E-state index contributed by atoms with van der Waals surface area (Å²) in [7, 11) is 0. The Morgan fingerprint density at radius 1 is 1.23 bits per heavy atom. The lowest BCUT2D eigenvalue weighted by Crippen LogP contribution is -2.42. The van der Waals surface area contributed by atoms with Crippen LogP contribution in [0.15, 0.2) is 18.2 Å². The molecule has 6 nitrogen and oxygen atoms in total. The average Bonchev–Trinajstić information content (AvgIpc) is 2.92. The van der Waals surface area contributed by atoms with E-state index in [-0.39, 0.29) is 18.9 Å². The third-order valence-electron chi connectivity index (χ3n) is 3.09. The van der Waals surface area contributed by atoms with Crippen molar-refractivity contribution in [3.63, 3.8) is 0 Å². The first-order valence-electron chi connectivity index (χ1n) is 7.55. The summed E-state index contributed by atoms with van der Waals surface area (Å²) in [6.07, 6.45) is 0. The Balaban J connectivity index is 1.69. The van der Waals surface area contributed by atoms with Crippen LogP contribution in [-0.4, -0.2) is 32.1 Å². The summed E-state index contributed by atoms with van der Waals surface area (Å²) in [4.78, 5) is 11.8. The van der Waals surface area contributed by atoms with E-state index in [2.05, 4.69) is 24.5 Å². The molecule has 2 amide bonds. The third kappa shape index (κ3) is 5.11. The standard InChI is InChI=1S/C16H24N2O4/c1-11(2)8-20-9-12(3)18-16(19)17-7-13-4-5-14-15(6-13)22-10-21-14/h4-6,11-12H,7-10H2,1-3H3,(H2,17,18,19). The van der Waals surface area contributed by atoms with Crippen molar-refractivity contribution < 1.29 is 19.0 Å². The molecule has 0 aromatic heterocycles. The highest BCUT2D eigenvalue weighted by Crippen LogP contribution is 2.32. The summed E-state index contributed by atoms with van der Waals surface area (Å²) in [5, 5.41) is 5.66. The van der Waals surface area contributed by atoms with E-state index in [9.17, 15) is 4.79 Å². The number of fused-ring (bicyclic) bond motifs is 1. The highest BCUT2D eigenvalue weighted by Gasteiger charge is 2.13. The Morgan fingerprint density at radius 3 is 2.77 bits per heavy atom. The molecule has 1 aliphatic rings. The lowest BCUT2D eigenvalue weighted by Gasteiger charge is -2.16. The molecule has 1 aliphatic heterocycles. The summed E-state index contributed by atoms with van der Waals surface area (Å²) < 4.78 is 16.1. The number of ether oxygens (including phenoxy) is 3. The molecule has 0 bridgehead atoms. The molecule has 1 aromatic carbocycles. The molecule has 2 rings (SSSR count). The van der Waals surface area contributed by atoms with Crippen LogP contribution in [0.2, 0.25) is 0 Å². The second kappa shape index (κ2) is 7.89. The third-order valence-corrected chi connectivity index (χ3v) is 3.09. The van der Waals surface area contributed by atoms with Crippen molar-refractivity contribution in [3.8, 4) is 11.5 Å². The topological polar surface area (TPSA) is 68.8 Å². The zero-order chi connectivity index (χ0) is 15.9. The van der Waals surface area contributed by atoms with Gasteiger partial charge in [-0.15, -0.1) is 0 Å². The smallest absolute Gasteiger partial charge is 0.315 e. The van der Waals surface area contributed by atoms with Gasteiger partial charge in [-0.25, -0.2) is 4.79 Å². The molecular weight excluding hydrogens is 284 g/mol. The zero-order valence-corrected chi connectivity index (χ0v) is 13.3. The fourth-order valence-corrected chi connectivity index (χ4v) is 2.03. The van der Waals surface area contributed by atoms with Gasteiger partial charge in [0.15, 0.2) is 11.5 Å². The van der Waals surface area contributed by atoms with E-state index >= 15 is 0 Å². The Labute approximate surface area is 131 Å². The van der Waals surface area contributed by atoms with Crippen molar-refractivity contribution in [2.45, 2.75) is 33.4 Å². The van der Waals surface area contributed by atoms with E-state index in [1.807, 2.05) is 25.1 Å². The van der Waals surface area contributed by atoms with Gasteiger partial charge < -0.3 is 24.8 Å². The van der Waals surface area contributed by atoms with Gasteiger partial charge in [0, 0.05) is 13.2 Å². The molecule has 0 aliphatic carbocycles. The maximum Gasteiger partial charge on any atom is 0.315 e. The second-order valence-electron chi connectivity index (χ2n) is 5.85. The van der Waals surface area contributed by atoms with Crippen LogP contribution in [0.5, 0.6) is 11.5 Å². The van der Waals surface area contributed by atoms with Gasteiger partial charge in [0.1, 0.15) is 0 Å². The molecular formula is C16H24N2O4. The number of nitrogens with one attached hydrogen (secondary N) is 2.